The molecule has 0 unspecified atom stereocenters. The molecule has 0 saturated carbocycles. The number of nitrogens with zero attached hydrogens (tertiary/aromatic N) is 1. The van der Waals surface area contributed by atoms with Crippen LogP contribution in [0.3, 0.4) is 0 Å². The lowest BCUT2D eigenvalue weighted by Gasteiger charge is -2.18. The van der Waals surface area contributed by atoms with Gasteiger partial charge in [-0.05, 0) is 30.3 Å². The Morgan fingerprint density at radius 1 is 0.958 bits per heavy atom. The molecule has 0 saturated heterocycles. The van der Waals surface area contributed by atoms with Gasteiger partial charge in [0.2, 0.25) is 5.91 Å². The predicted octanol–water partition coefficient (Wildman–Crippen LogP) is 2.78. The number of carbonyl (C=O) groups excluding carboxylic acids is 1. The molecule has 2 aromatic carbocycles. The first-order chi connectivity index (χ1) is 11.6. The van der Waals surface area contributed by atoms with Gasteiger partial charge in [0.1, 0.15) is 23.9 Å². The Kier molecular flexibility index (Phi) is 6.49. The largest absolute Gasteiger partial charge is 0.497 e. The SMILES string of the molecule is COc1ccc(OCCN(C)C(=O)Cc2ccccc2OC)cc1. The maximum atomic E-state index is 12.3. The molecule has 0 atom stereocenters. The van der Waals surface area contributed by atoms with Crippen molar-refractivity contribution in [3.63, 3.8) is 0 Å². The highest BCUT2D eigenvalue weighted by atomic mass is 16.5. The van der Waals surface area contributed by atoms with E-state index < -0.39 is 0 Å². The third kappa shape index (κ3) is 4.91. The number of methoxy groups -OCH3 is 2. The van der Waals surface area contributed by atoms with Crippen molar-refractivity contribution in [1.82, 2.24) is 4.90 Å². The van der Waals surface area contributed by atoms with E-state index in [0.29, 0.717) is 19.6 Å². The van der Waals surface area contributed by atoms with E-state index in [9.17, 15) is 4.79 Å². The van der Waals surface area contributed by atoms with Crippen LogP contribution in [0.1, 0.15) is 5.56 Å². The number of likely N-dealkylation sites (N-methyl/N-ethyl adjacent to an activating group) is 1. The summed E-state index contributed by atoms with van der Waals surface area (Å²) >= 11 is 0. The fourth-order valence-corrected chi connectivity index (χ4v) is 2.24. The molecule has 0 spiro atoms. The van der Waals surface area contributed by atoms with Crippen LogP contribution in [0.4, 0.5) is 0 Å². The normalized spacial score (nSPS) is 10.1. The minimum Gasteiger partial charge on any atom is -0.497 e. The summed E-state index contributed by atoms with van der Waals surface area (Å²) in [6, 6.07) is 14.9. The first kappa shape index (κ1) is 17.7. The Balaban J connectivity index is 1.80. The predicted molar refractivity (Wildman–Crippen MR) is 92.8 cm³/mol. The van der Waals surface area contributed by atoms with Gasteiger partial charge in [0, 0.05) is 12.6 Å². The molecule has 2 aromatic rings. The van der Waals surface area contributed by atoms with Gasteiger partial charge in [0.25, 0.3) is 0 Å². The van der Waals surface area contributed by atoms with E-state index >= 15 is 0 Å². The van der Waals surface area contributed by atoms with Crippen molar-refractivity contribution in [3.05, 3.63) is 54.1 Å². The van der Waals surface area contributed by atoms with Gasteiger partial charge in [-0.2, -0.15) is 0 Å². The van der Waals surface area contributed by atoms with Crippen LogP contribution < -0.4 is 14.2 Å². The molecule has 24 heavy (non-hydrogen) atoms. The van der Waals surface area contributed by atoms with Crippen LogP contribution in [0.15, 0.2) is 48.5 Å². The first-order valence-electron chi connectivity index (χ1n) is 7.76. The smallest absolute Gasteiger partial charge is 0.226 e. The molecule has 0 aliphatic carbocycles. The van der Waals surface area contributed by atoms with Crippen LogP contribution in [-0.2, 0) is 11.2 Å². The Morgan fingerprint density at radius 2 is 1.62 bits per heavy atom. The zero-order chi connectivity index (χ0) is 17.4. The molecule has 1 amide bonds. The molecular formula is C19H23NO4. The van der Waals surface area contributed by atoms with Gasteiger partial charge >= 0.3 is 0 Å². The van der Waals surface area contributed by atoms with Gasteiger partial charge in [-0.3, -0.25) is 4.79 Å². The van der Waals surface area contributed by atoms with Crippen molar-refractivity contribution in [3.8, 4) is 17.2 Å². The molecule has 5 heteroatoms. The van der Waals surface area contributed by atoms with Crippen LogP contribution in [0.5, 0.6) is 17.2 Å². The van der Waals surface area contributed by atoms with Crippen LogP contribution in [0, 0.1) is 0 Å². The van der Waals surface area contributed by atoms with Crippen molar-refractivity contribution in [2.75, 3.05) is 34.4 Å². The number of hydrogen-bond donors (Lipinski definition) is 0. The van der Waals surface area contributed by atoms with Crippen LogP contribution in [0.2, 0.25) is 0 Å². The number of benzene rings is 2. The second-order valence-corrected chi connectivity index (χ2v) is 5.33. The van der Waals surface area contributed by atoms with Gasteiger partial charge in [-0.15, -0.1) is 0 Å². The Morgan fingerprint density at radius 3 is 2.29 bits per heavy atom. The maximum Gasteiger partial charge on any atom is 0.226 e. The van der Waals surface area contributed by atoms with Gasteiger partial charge in [0.05, 0.1) is 27.2 Å². The lowest BCUT2D eigenvalue weighted by Crippen LogP contribution is -2.32. The summed E-state index contributed by atoms with van der Waals surface area (Å²) in [6.45, 7) is 0.945. The lowest BCUT2D eigenvalue weighted by atomic mass is 10.1. The van der Waals surface area contributed by atoms with Crippen molar-refractivity contribution in [2.24, 2.45) is 0 Å². The number of para-hydroxylation sites is 1. The fraction of sp³-hybridized carbons (Fsp3) is 0.316. The average Bonchev–Trinajstić information content (AvgIpc) is 2.62. The van der Waals surface area contributed by atoms with Crippen molar-refractivity contribution >= 4 is 5.91 Å². The third-order valence-electron chi connectivity index (χ3n) is 3.71. The topological polar surface area (TPSA) is 48.0 Å². The molecule has 0 aromatic heterocycles. The highest BCUT2D eigenvalue weighted by Crippen LogP contribution is 2.19. The number of carbonyl (C=O) groups is 1. The molecule has 0 aliphatic rings. The molecule has 128 valence electrons. The molecule has 5 nitrogen and oxygen atoms in total. The quantitative estimate of drug-likeness (QED) is 0.747. The number of rotatable bonds is 8. The molecule has 0 fully saturated rings. The van der Waals surface area contributed by atoms with E-state index in [-0.39, 0.29) is 5.91 Å². The maximum absolute atomic E-state index is 12.3. The fourth-order valence-electron chi connectivity index (χ4n) is 2.24. The number of hydrogen-bond acceptors (Lipinski definition) is 4. The van der Waals surface area contributed by atoms with Gasteiger partial charge in [0.15, 0.2) is 0 Å². The molecule has 0 N–H and O–H groups in total. The minimum absolute atomic E-state index is 0.0258. The number of ether oxygens (including phenoxy) is 3. The highest BCUT2D eigenvalue weighted by molar-refractivity contribution is 5.79. The third-order valence-corrected chi connectivity index (χ3v) is 3.71. The highest BCUT2D eigenvalue weighted by Gasteiger charge is 2.12. The summed E-state index contributed by atoms with van der Waals surface area (Å²) in [7, 11) is 5.00. The summed E-state index contributed by atoms with van der Waals surface area (Å²) in [5, 5.41) is 0. The van der Waals surface area contributed by atoms with E-state index in [0.717, 1.165) is 22.8 Å². The van der Waals surface area contributed by atoms with Crippen molar-refractivity contribution in [2.45, 2.75) is 6.42 Å². The monoisotopic (exact) mass is 329 g/mol. The van der Waals surface area contributed by atoms with Crippen LogP contribution in [0.25, 0.3) is 0 Å². The van der Waals surface area contributed by atoms with E-state index in [1.54, 1.807) is 26.2 Å². The number of amides is 1. The average molecular weight is 329 g/mol. The zero-order valence-electron chi connectivity index (χ0n) is 14.3. The standard InChI is InChI=1S/C19H23NO4/c1-20(12-13-24-17-10-8-16(22-2)9-11-17)19(21)14-15-6-4-5-7-18(15)23-3/h4-11H,12-14H2,1-3H3. The summed E-state index contributed by atoms with van der Waals surface area (Å²) in [5.41, 5.74) is 0.882. The van der Waals surface area contributed by atoms with E-state index in [4.69, 9.17) is 14.2 Å². The Labute approximate surface area is 142 Å². The Bertz CT molecular complexity index is 655. The molecule has 2 rings (SSSR count). The summed E-state index contributed by atoms with van der Waals surface area (Å²) < 4.78 is 16.0. The second-order valence-electron chi connectivity index (χ2n) is 5.33. The van der Waals surface area contributed by atoms with Crippen molar-refractivity contribution < 1.29 is 19.0 Å². The van der Waals surface area contributed by atoms with E-state index in [2.05, 4.69) is 0 Å². The minimum atomic E-state index is 0.0258. The first-order valence-corrected chi connectivity index (χ1v) is 7.76. The van der Waals surface area contributed by atoms with Crippen LogP contribution >= 0.6 is 0 Å². The molecule has 0 bridgehead atoms. The van der Waals surface area contributed by atoms with Gasteiger partial charge in [-0.25, -0.2) is 0 Å². The summed E-state index contributed by atoms with van der Waals surface area (Å²) in [6.07, 6.45) is 0.309. The van der Waals surface area contributed by atoms with Crippen LogP contribution in [-0.4, -0.2) is 45.2 Å². The van der Waals surface area contributed by atoms with Gasteiger partial charge < -0.3 is 19.1 Å². The molecule has 0 heterocycles. The zero-order valence-corrected chi connectivity index (χ0v) is 14.3. The van der Waals surface area contributed by atoms with Gasteiger partial charge in [-0.1, -0.05) is 18.2 Å². The van der Waals surface area contributed by atoms with Crippen molar-refractivity contribution in [1.29, 1.82) is 0 Å². The summed E-state index contributed by atoms with van der Waals surface area (Å²) in [5.74, 6) is 2.29. The molecular weight excluding hydrogens is 306 g/mol. The van der Waals surface area contributed by atoms with E-state index in [1.807, 2.05) is 48.5 Å². The molecule has 0 radical (unpaired) electrons. The lowest BCUT2D eigenvalue weighted by molar-refractivity contribution is -0.129. The Hall–Kier alpha value is -2.69. The van der Waals surface area contributed by atoms with E-state index in [1.165, 1.54) is 0 Å². The second kappa shape index (κ2) is 8.82. The molecule has 0 aliphatic heterocycles. The summed E-state index contributed by atoms with van der Waals surface area (Å²) in [4.78, 5) is 14.0.